The van der Waals surface area contributed by atoms with Crippen LogP contribution < -0.4 is 4.90 Å². The Morgan fingerprint density at radius 1 is 1.11 bits per heavy atom. The monoisotopic (exact) mass is 245 g/mol. The number of hydrogen-bond donors (Lipinski definition) is 0. The first-order valence-corrected chi connectivity index (χ1v) is 6.92. The lowest BCUT2D eigenvalue weighted by Gasteiger charge is -2.34. The predicted octanol–water partition coefficient (Wildman–Crippen LogP) is 3.88. The van der Waals surface area contributed by atoms with Gasteiger partial charge in [-0.1, -0.05) is 19.3 Å². The summed E-state index contributed by atoms with van der Waals surface area (Å²) in [4.78, 5) is 13.4. The minimum absolute atomic E-state index is 0.666. The van der Waals surface area contributed by atoms with Crippen LogP contribution in [0.25, 0.3) is 0 Å². The molecule has 0 atom stereocenters. The Bertz CT molecular complexity index is 433. The Labute approximate surface area is 110 Å². The van der Waals surface area contributed by atoms with Gasteiger partial charge in [0.2, 0.25) is 0 Å². The number of nitrogens with zero attached hydrogens (tertiary/aromatic N) is 1. The van der Waals surface area contributed by atoms with E-state index in [1.807, 2.05) is 13.0 Å². The molecule has 1 saturated carbocycles. The van der Waals surface area contributed by atoms with Gasteiger partial charge in [-0.3, -0.25) is 4.79 Å². The van der Waals surface area contributed by atoms with Gasteiger partial charge in [-0.25, -0.2) is 0 Å². The van der Waals surface area contributed by atoms with Crippen LogP contribution >= 0.6 is 0 Å². The first-order valence-electron chi connectivity index (χ1n) is 6.92. The third-order valence-electron chi connectivity index (χ3n) is 4.21. The van der Waals surface area contributed by atoms with E-state index in [9.17, 15) is 4.79 Å². The van der Waals surface area contributed by atoms with Crippen molar-refractivity contribution >= 4 is 12.0 Å². The fourth-order valence-corrected chi connectivity index (χ4v) is 3.00. The molecule has 0 saturated heterocycles. The number of carbonyl (C=O) groups excluding carboxylic acids is 1. The highest BCUT2D eigenvalue weighted by atomic mass is 16.1. The van der Waals surface area contributed by atoms with E-state index in [4.69, 9.17) is 0 Å². The summed E-state index contributed by atoms with van der Waals surface area (Å²) in [6.07, 6.45) is 7.62. The average Bonchev–Trinajstić information content (AvgIpc) is 2.41. The molecule has 1 fully saturated rings. The maximum atomic E-state index is 10.9. The molecule has 1 aliphatic rings. The fraction of sp³-hybridized carbons (Fsp3) is 0.562. The van der Waals surface area contributed by atoms with Crippen LogP contribution in [0.1, 0.15) is 53.6 Å². The van der Waals surface area contributed by atoms with Crippen molar-refractivity contribution in [3.8, 4) is 0 Å². The predicted molar refractivity (Wildman–Crippen MR) is 76.6 cm³/mol. The molecule has 0 aromatic heterocycles. The summed E-state index contributed by atoms with van der Waals surface area (Å²) in [5, 5.41) is 0. The van der Waals surface area contributed by atoms with Gasteiger partial charge in [0.05, 0.1) is 0 Å². The van der Waals surface area contributed by atoms with Gasteiger partial charge in [0.15, 0.2) is 0 Å². The van der Waals surface area contributed by atoms with Crippen molar-refractivity contribution in [3.63, 3.8) is 0 Å². The van der Waals surface area contributed by atoms with Crippen molar-refractivity contribution < 1.29 is 4.79 Å². The van der Waals surface area contributed by atoms with Gasteiger partial charge in [-0.15, -0.1) is 0 Å². The van der Waals surface area contributed by atoms with E-state index in [0.29, 0.717) is 6.04 Å². The van der Waals surface area contributed by atoms with Crippen molar-refractivity contribution in [1.29, 1.82) is 0 Å². The van der Waals surface area contributed by atoms with E-state index in [0.717, 1.165) is 17.4 Å². The smallest absolute Gasteiger partial charge is 0.150 e. The Kier molecular flexibility index (Phi) is 4.05. The Morgan fingerprint density at radius 2 is 1.78 bits per heavy atom. The van der Waals surface area contributed by atoms with Crippen molar-refractivity contribution in [3.05, 3.63) is 28.8 Å². The van der Waals surface area contributed by atoms with E-state index < -0.39 is 0 Å². The lowest BCUT2D eigenvalue weighted by Crippen LogP contribution is -2.33. The zero-order chi connectivity index (χ0) is 13.1. The highest BCUT2D eigenvalue weighted by Crippen LogP contribution is 2.29. The first kappa shape index (κ1) is 13.1. The van der Waals surface area contributed by atoms with Gasteiger partial charge in [0, 0.05) is 24.3 Å². The minimum Gasteiger partial charge on any atom is -0.371 e. The van der Waals surface area contributed by atoms with E-state index in [2.05, 4.69) is 24.9 Å². The van der Waals surface area contributed by atoms with Crippen LogP contribution in [0.4, 0.5) is 5.69 Å². The second-order valence-electron chi connectivity index (χ2n) is 5.52. The largest absolute Gasteiger partial charge is 0.371 e. The summed E-state index contributed by atoms with van der Waals surface area (Å²) in [6.45, 7) is 4.11. The molecule has 1 aliphatic carbocycles. The molecule has 1 aromatic carbocycles. The highest BCUT2D eigenvalue weighted by molar-refractivity contribution is 5.79. The molecule has 2 nitrogen and oxygen atoms in total. The van der Waals surface area contributed by atoms with E-state index >= 15 is 0 Å². The van der Waals surface area contributed by atoms with Gasteiger partial charge in [0.25, 0.3) is 0 Å². The van der Waals surface area contributed by atoms with Crippen LogP contribution in [0.15, 0.2) is 12.1 Å². The lowest BCUT2D eigenvalue weighted by atomic mass is 9.93. The molecule has 0 unspecified atom stereocenters. The molecular formula is C16H23NO. The number of benzene rings is 1. The van der Waals surface area contributed by atoms with Gasteiger partial charge in [-0.2, -0.15) is 0 Å². The van der Waals surface area contributed by atoms with E-state index in [1.54, 1.807) is 0 Å². The number of anilines is 1. The molecule has 2 heteroatoms. The molecule has 18 heavy (non-hydrogen) atoms. The molecule has 98 valence electrons. The van der Waals surface area contributed by atoms with Gasteiger partial charge >= 0.3 is 0 Å². The fourth-order valence-electron chi connectivity index (χ4n) is 3.00. The standard InChI is InChI=1S/C16H23NO/c1-12-10-16(13(2)9-14(12)11-18)17(3)15-7-5-4-6-8-15/h9-11,15H,4-8H2,1-3H3. The molecule has 0 bridgehead atoms. The second kappa shape index (κ2) is 5.55. The molecular weight excluding hydrogens is 222 g/mol. The first-order chi connectivity index (χ1) is 8.63. The summed E-state index contributed by atoms with van der Waals surface area (Å²) < 4.78 is 0. The van der Waals surface area contributed by atoms with Crippen molar-refractivity contribution in [2.75, 3.05) is 11.9 Å². The Morgan fingerprint density at radius 3 is 2.39 bits per heavy atom. The van der Waals surface area contributed by atoms with E-state index in [1.165, 1.54) is 43.4 Å². The third kappa shape index (κ3) is 2.58. The summed E-state index contributed by atoms with van der Waals surface area (Å²) in [6, 6.07) is 4.84. The van der Waals surface area contributed by atoms with Crippen LogP contribution in [0.2, 0.25) is 0 Å². The Hall–Kier alpha value is -1.31. The van der Waals surface area contributed by atoms with Crippen molar-refractivity contribution in [2.45, 2.75) is 52.0 Å². The normalized spacial score (nSPS) is 16.6. The average molecular weight is 245 g/mol. The van der Waals surface area contributed by atoms with Gasteiger partial charge < -0.3 is 4.90 Å². The maximum Gasteiger partial charge on any atom is 0.150 e. The van der Waals surface area contributed by atoms with Crippen molar-refractivity contribution in [1.82, 2.24) is 0 Å². The van der Waals surface area contributed by atoms with Crippen LogP contribution in [-0.4, -0.2) is 19.4 Å². The van der Waals surface area contributed by atoms with Gasteiger partial charge in [0.1, 0.15) is 6.29 Å². The molecule has 2 rings (SSSR count). The lowest BCUT2D eigenvalue weighted by molar-refractivity contribution is 0.112. The molecule has 0 spiro atoms. The summed E-state index contributed by atoms with van der Waals surface area (Å²) in [5.41, 5.74) is 4.38. The zero-order valence-electron chi connectivity index (χ0n) is 11.7. The summed E-state index contributed by atoms with van der Waals surface area (Å²) in [5.74, 6) is 0. The van der Waals surface area contributed by atoms with Crippen LogP contribution in [-0.2, 0) is 0 Å². The molecule has 0 amide bonds. The molecule has 0 N–H and O–H groups in total. The van der Waals surface area contributed by atoms with Crippen LogP contribution in [0.3, 0.4) is 0 Å². The minimum atomic E-state index is 0.666. The number of aldehydes is 1. The summed E-state index contributed by atoms with van der Waals surface area (Å²) >= 11 is 0. The molecule has 0 radical (unpaired) electrons. The van der Waals surface area contributed by atoms with E-state index in [-0.39, 0.29) is 0 Å². The number of hydrogen-bond acceptors (Lipinski definition) is 2. The number of carbonyl (C=O) groups is 1. The maximum absolute atomic E-state index is 10.9. The van der Waals surface area contributed by atoms with Crippen LogP contribution in [0, 0.1) is 13.8 Å². The van der Waals surface area contributed by atoms with Gasteiger partial charge in [-0.05, 0) is 49.9 Å². The molecule has 1 aromatic rings. The van der Waals surface area contributed by atoms with Crippen LogP contribution in [0.5, 0.6) is 0 Å². The topological polar surface area (TPSA) is 20.3 Å². The molecule has 0 aliphatic heterocycles. The molecule has 0 heterocycles. The quantitative estimate of drug-likeness (QED) is 0.753. The zero-order valence-corrected chi connectivity index (χ0v) is 11.7. The SMILES string of the molecule is Cc1cc(N(C)C2CCCCC2)c(C)cc1C=O. The van der Waals surface area contributed by atoms with Crippen molar-refractivity contribution in [2.24, 2.45) is 0 Å². The second-order valence-corrected chi connectivity index (χ2v) is 5.52. The third-order valence-corrected chi connectivity index (χ3v) is 4.21. The summed E-state index contributed by atoms with van der Waals surface area (Å²) in [7, 11) is 2.19. The number of rotatable bonds is 3. The number of aryl methyl sites for hydroxylation is 2. The highest BCUT2D eigenvalue weighted by Gasteiger charge is 2.19. The Balaban J connectivity index is 2.26.